The molecule has 184 valence electrons. The Morgan fingerprint density at radius 3 is 2.09 bits per heavy atom. The van der Waals surface area contributed by atoms with E-state index >= 15 is 0 Å². The molecule has 0 saturated heterocycles. The maximum absolute atomic E-state index is 12.4. The largest absolute Gasteiger partial charge is 0.493 e. The summed E-state index contributed by atoms with van der Waals surface area (Å²) in [5, 5.41) is 8.80. The molecule has 0 saturated carbocycles. The van der Waals surface area contributed by atoms with Gasteiger partial charge in [-0.2, -0.15) is 0 Å². The van der Waals surface area contributed by atoms with Crippen LogP contribution in [0.25, 0.3) is 6.08 Å². The van der Waals surface area contributed by atoms with Gasteiger partial charge >= 0.3 is 11.9 Å². The number of aliphatic hydroxyl groups is 1. The second kappa shape index (κ2) is 14.9. The van der Waals surface area contributed by atoms with Crippen molar-refractivity contribution in [3.63, 3.8) is 0 Å². The lowest BCUT2D eigenvalue weighted by Crippen LogP contribution is -2.12. The van der Waals surface area contributed by atoms with Crippen molar-refractivity contribution in [1.29, 1.82) is 0 Å². The summed E-state index contributed by atoms with van der Waals surface area (Å²) in [5.41, 5.74) is 1.35. The first-order chi connectivity index (χ1) is 16.9. The second-order valence-electron chi connectivity index (χ2n) is 7.11. The normalized spacial score (nSPS) is 10.4. The van der Waals surface area contributed by atoms with Crippen LogP contribution in [-0.4, -0.2) is 55.9 Å². The fourth-order valence-electron chi connectivity index (χ4n) is 2.60. The molecule has 0 aliphatic carbocycles. The van der Waals surface area contributed by atoms with Crippen molar-refractivity contribution >= 4 is 23.8 Å². The SMILES string of the molecule is C=CC(=O)OCCOc1ccc(C(=O)/C=C/c2ccc(OCCCOC(=O)C(=C)CO)cc2)cc1. The average Bonchev–Trinajstić information content (AvgIpc) is 2.89. The van der Waals surface area contributed by atoms with Gasteiger partial charge < -0.3 is 24.1 Å². The zero-order chi connectivity index (χ0) is 25.5. The number of ketones is 1. The Morgan fingerprint density at radius 1 is 0.829 bits per heavy atom. The topological polar surface area (TPSA) is 108 Å². The van der Waals surface area contributed by atoms with Crippen molar-refractivity contribution in [1.82, 2.24) is 0 Å². The van der Waals surface area contributed by atoms with Gasteiger partial charge in [0.15, 0.2) is 5.78 Å². The lowest BCUT2D eigenvalue weighted by atomic mass is 10.1. The minimum Gasteiger partial charge on any atom is -0.493 e. The number of allylic oxidation sites excluding steroid dienone is 1. The molecule has 0 amide bonds. The first kappa shape index (κ1) is 27.1. The van der Waals surface area contributed by atoms with Crippen LogP contribution >= 0.6 is 0 Å². The van der Waals surface area contributed by atoms with Crippen LogP contribution in [0.15, 0.2) is 79.4 Å². The summed E-state index contributed by atoms with van der Waals surface area (Å²) in [6.45, 7) is 7.09. The van der Waals surface area contributed by atoms with E-state index in [1.807, 2.05) is 12.1 Å². The summed E-state index contributed by atoms with van der Waals surface area (Å²) >= 11 is 0. The molecule has 0 heterocycles. The third-order valence-electron chi connectivity index (χ3n) is 4.48. The molecule has 0 aliphatic rings. The van der Waals surface area contributed by atoms with Crippen molar-refractivity contribution in [2.24, 2.45) is 0 Å². The van der Waals surface area contributed by atoms with Gasteiger partial charge in [-0.25, -0.2) is 9.59 Å². The Hall–Kier alpha value is -4.17. The van der Waals surface area contributed by atoms with Gasteiger partial charge in [-0.3, -0.25) is 4.79 Å². The monoisotopic (exact) mass is 480 g/mol. The minimum absolute atomic E-state index is 0.0137. The van der Waals surface area contributed by atoms with E-state index in [9.17, 15) is 14.4 Å². The lowest BCUT2D eigenvalue weighted by molar-refractivity contribution is -0.140. The lowest BCUT2D eigenvalue weighted by Gasteiger charge is -2.08. The van der Waals surface area contributed by atoms with Crippen LogP contribution in [0, 0.1) is 0 Å². The molecule has 2 aromatic carbocycles. The molecule has 0 aromatic heterocycles. The highest BCUT2D eigenvalue weighted by atomic mass is 16.6. The van der Waals surface area contributed by atoms with E-state index in [1.54, 1.807) is 42.5 Å². The van der Waals surface area contributed by atoms with Gasteiger partial charge in [-0.1, -0.05) is 31.4 Å². The van der Waals surface area contributed by atoms with E-state index in [-0.39, 0.29) is 31.2 Å². The third-order valence-corrected chi connectivity index (χ3v) is 4.48. The molecule has 0 atom stereocenters. The van der Waals surface area contributed by atoms with E-state index in [0.717, 1.165) is 11.6 Å². The Kier molecular flexibility index (Phi) is 11.5. The maximum atomic E-state index is 12.4. The fraction of sp³-hybridized carbons (Fsp3) is 0.222. The van der Waals surface area contributed by atoms with Crippen LogP contribution in [0.3, 0.4) is 0 Å². The van der Waals surface area contributed by atoms with E-state index in [2.05, 4.69) is 13.2 Å². The quantitative estimate of drug-likeness (QED) is 0.178. The van der Waals surface area contributed by atoms with E-state index in [4.69, 9.17) is 24.1 Å². The molecule has 0 aliphatic heterocycles. The molecule has 0 bridgehead atoms. The summed E-state index contributed by atoms with van der Waals surface area (Å²) in [5.74, 6) is -0.0776. The van der Waals surface area contributed by atoms with Gasteiger partial charge in [0.2, 0.25) is 0 Å². The molecule has 0 spiro atoms. The first-order valence-corrected chi connectivity index (χ1v) is 10.9. The minimum atomic E-state index is -0.619. The summed E-state index contributed by atoms with van der Waals surface area (Å²) in [6.07, 6.45) is 4.76. The van der Waals surface area contributed by atoms with Crippen molar-refractivity contribution in [2.45, 2.75) is 6.42 Å². The second-order valence-corrected chi connectivity index (χ2v) is 7.11. The van der Waals surface area contributed by atoms with Crippen molar-refractivity contribution in [2.75, 3.05) is 33.0 Å². The van der Waals surface area contributed by atoms with Gasteiger partial charge in [0, 0.05) is 18.1 Å². The molecule has 1 N–H and O–H groups in total. The fourth-order valence-corrected chi connectivity index (χ4v) is 2.60. The van der Waals surface area contributed by atoms with Crippen LogP contribution < -0.4 is 9.47 Å². The predicted octanol–water partition coefficient (Wildman–Crippen LogP) is 3.55. The number of hydrogen-bond donors (Lipinski definition) is 1. The molecule has 2 rings (SSSR count). The number of hydrogen-bond acceptors (Lipinski definition) is 8. The van der Waals surface area contributed by atoms with Crippen LogP contribution in [0.4, 0.5) is 0 Å². The highest BCUT2D eigenvalue weighted by Gasteiger charge is 2.06. The first-order valence-electron chi connectivity index (χ1n) is 10.9. The molecule has 2 aromatic rings. The average molecular weight is 481 g/mol. The number of ether oxygens (including phenoxy) is 4. The summed E-state index contributed by atoms with van der Waals surface area (Å²) in [6, 6.07) is 13.9. The van der Waals surface area contributed by atoms with Crippen LogP contribution in [-0.2, 0) is 19.1 Å². The van der Waals surface area contributed by atoms with Crippen LogP contribution in [0.1, 0.15) is 22.3 Å². The van der Waals surface area contributed by atoms with E-state index < -0.39 is 18.5 Å². The number of aliphatic hydroxyl groups excluding tert-OH is 1. The number of carbonyl (C=O) groups excluding carboxylic acids is 3. The van der Waals surface area contributed by atoms with Gasteiger partial charge in [-0.05, 0) is 48.0 Å². The van der Waals surface area contributed by atoms with Gasteiger partial charge in [0.1, 0.15) is 24.7 Å². The maximum Gasteiger partial charge on any atom is 0.335 e. The third kappa shape index (κ3) is 10.1. The summed E-state index contributed by atoms with van der Waals surface area (Å²) < 4.78 is 20.8. The van der Waals surface area contributed by atoms with Gasteiger partial charge in [-0.15, -0.1) is 0 Å². The Bertz CT molecular complexity index is 1040. The molecule has 35 heavy (non-hydrogen) atoms. The Balaban J connectivity index is 1.73. The number of carbonyl (C=O) groups is 3. The van der Waals surface area contributed by atoms with Gasteiger partial charge in [0.25, 0.3) is 0 Å². The van der Waals surface area contributed by atoms with Crippen molar-refractivity contribution in [3.05, 3.63) is 90.5 Å². The van der Waals surface area contributed by atoms with E-state index in [0.29, 0.717) is 30.1 Å². The molecule has 8 heteroatoms. The highest BCUT2D eigenvalue weighted by molar-refractivity contribution is 6.06. The molecular weight excluding hydrogens is 452 g/mol. The molecule has 0 radical (unpaired) electrons. The molecular formula is C27H28O8. The van der Waals surface area contributed by atoms with Gasteiger partial charge in [0.05, 0.1) is 25.4 Å². The Morgan fingerprint density at radius 2 is 1.46 bits per heavy atom. The predicted molar refractivity (Wildman–Crippen MR) is 130 cm³/mol. The standard InChI is InChI=1S/C27H28O8/c1-3-26(30)34-18-17-33-24-12-8-22(9-13-24)25(29)14-7-21-5-10-23(11-6-21)32-15-4-16-35-27(31)20(2)19-28/h3,5-14,28H,1-2,4,15-19H2/b14-7+. The molecule has 0 fully saturated rings. The smallest absolute Gasteiger partial charge is 0.335 e. The molecule has 8 nitrogen and oxygen atoms in total. The van der Waals surface area contributed by atoms with Crippen molar-refractivity contribution < 1.29 is 38.4 Å². The summed E-state index contributed by atoms with van der Waals surface area (Å²) in [4.78, 5) is 34.7. The number of benzene rings is 2. The highest BCUT2D eigenvalue weighted by Crippen LogP contribution is 2.16. The Labute approximate surface area is 204 Å². The number of esters is 2. The van der Waals surface area contributed by atoms with Crippen molar-refractivity contribution in [3.8, 4) is 11.5 Å². The zero-order valence-corrected chi connectivity index (χ0v) is 19.3. The zero-order valence-electron chi connectivity index (χ0n) is 19.3. The molecule has 0 unspecified atom stereocenters. The van der Waals surface area contributed by atoms with E-state index in [1.165, 1.54) is 6.08 Å². The number of rotatable bonds is 15. The van der Waals surface area contributed by atoms with Crippen LogP contribution in [0.5, 0.6) is 11.5 Å². The van der Waals surface area contributed by atoms with Crippen LogP contribution in [0.2, 0.25) is 0 Å². The summed E-state index contributed by atoms with van der Waals surface area (Å²) in [7, 11) is 0.